The van der Waals surface area contributed by atoms with Crippen LogP contribution in [0.15, 0.2) is 35.2 Å². The van der Waals surface area contributed by atoms with Gasteiger partial charge in [-0.25, -0.2) is 0 Å². The number of aliphatic carboxylic acids is 1. The molecule has 0 bridgehead atoms. The molecule has 0 radical (unpaired) electrons. The Morgan fingerprint density at radius 1 is 0.952 bits per heavy atom. The Morgan fingerprint density at radius 2 is 1.52 bits per heavy atom. The van der Waals surface area contributed by atoms with Crippen molar-refractivity contribution in [1.82, 2.24) is 0 Å². The first-order valence-electron chi connectivity index (χ1n) is 5.67. The highest BCUT2D eigenvalue weighted by atomic mass is 35.5. The maximum atomic E-state index is 10.6. The van der Waals surface area contributed by atoms with Crippen LogP contribution in [0.5, 0.6) is 0 Å². The summed E-state index contributed by atoms with van der Waals surface area (Å²) >= 11 is 25.3. The van der Waals surface area contributed by atoms with Crippen molar-refractivity contribution in [3.05, 3.63) is 50.4 Å². The van der Waals surface area contributed by atoms with Gasteiger partial charge in [-0.05, 0) is 35.4 Å². The molecule has 0 heterocycles. The molecule has 0 saturated carbocycles. The normalized spacial score (nSPS) is 10.7. The van der Waals surface area contributed by atoms with Gasteiger partial charge in [0.05, 0.1) is 25.8 Å². The fraction of sp³-hybridized carbons (Fsp3) is 0.0714. The number of carbonyl (C=O) groups is 1. The van der Waals surface area contributed by atoms with Crippen molar-refractivity contribution < 1.29 is 9.90 Å². The average Bonchev–Trinajstić information content (AvgIpc) is 2.42. The molecule has 0 atom stereocenters. The highest BCUT2D eigenvalue weighted by Crippen LogP contribution is 2.37. The van der Waals surface area contributed by atoms with Crippen LogP contribution in [0, 0.1) is 0 Å². The van der Waals surface area contributed by atoms with Crippen LogP contribution in [0.1, 0.15) is 0 Å². The molecule has 0 fully saturated rings. The van der Waals surface area contributed by atoms with Crippen molar-refractivity contribution in [2.24, 2.45) is 0 Å². The van der Waals surface area contributed by atoms with E-state index in [0.717, 1.165) is 22.9 Å². The molecule has 21 heavy (non-hydrogen) atoms. The number of rotatable bonds is 4. The molecule has 0 saturated heterocycles. The quantitative estimate of drug-likeness (QED) is 0.510. The number of thioether (sulfide) groups is 1. The lowest BCUT2D eigenvalue weighted by Gasteiger charge is -2.08. The first kappa shape index (κ1) is 16.8. The lowest BCUT2D eigenvalue weighted by atomic mass is 10.1. The molecule has 0 aromatic heterocycles. The third-order valence-corrected chi connectivity index (χ3v) is 5.28. The topological polar surface area (TPSA) is 37.3 Å². The van der Waals surface area contributed by atoms with E-state index in [1.54, 1.807) is 24.3 Å². The van der Waals surface area contributed by atoms with E-state index in [1.807, 2.05) is 6.07 Å². The second-order valence-electron chi connectivity index (χ2n) is 4.08. The molecule has 0 aliphatic heterocycles. The third-order valence-electron chi connectivity index (χ3n) is 2.60. The van der Waals surface area contributed by atoms with Crippen molar-refractivity contribution >= 4 is 64.1 Å². The Kier molecular flexibility index (Phi) is 5.69. The number of hydrogen-bond acceptors (Lipinski definition) is 2. The monoisotopic (exact) mass is 380 g/mol. The zero-order chi connectivity index (χ0) is 15.6. The van der Waals surface area contributed by atoms with Gasteiger partial charge in [0.15, 0.2) is 0 Å². The second-order valence-corrected chi connectivity index (χ2v) is 6.70. The largest absolute Gasteiger partial charge is 0.481 e. The van der Waals surface area contributed by atoms with Crippen molar-refractivity contribution in [2.45, 2.75) is 4.90 Å². The van der Waals surface area contributed by atoms with Gasteiger partial charge in [-0.1, -0.05) is 52.5 Å². The zero-order valence-corrected chi connectivity index (χ0v) is 14.2. The van der Waals surface area contributed by atoms with E-state index in [1.165, 1.54) is 0 Å². The molecule has 0 aliphatic rings. The Morgan fingerprint density at radius 3 is 2.05 bits per heavy atom. The molecule has 0 unspecified atom stereocenters. The van der Waals surface area contributed by atoms with Crippen LogP contribution in [0.4, 0.5) is 0 Å². The van der Waals surface area contributed by atoms with Gasteiger partial charge in [-0.15, -0.1) is 11.8 Å². The van der Waals surface area contributed by atoms with Crippen molar-refractivity contribution in [1.29, 1.82) is 0 Å². The summed E-state index contributed by atoms with van der Waals surface area (Å²) in [5, 5.41) is 10.2. The van der Waals surface area contributed by atoms with E-state index >= 15 is 0 Å². The van der Waals surface area contributed by atoms with Gasteiger partial charge in [-0.3, -0.25) is 4.79 Å². The summed E-state index contributed by atoms with van der Waals surface area (Å²) in [7, 11) is 0. The molecule has 0 amide bonds. The minimum Gasteiger partial charge on any atom is -0.481 e. The lowest BCUT2D eigenvalue weighted by Crippen LogP contribution is -1.97. The highest BCUT2D eigenvalue weighted by Gasteiger charge is 2.10. The van der Waals surface area contributed by atoms with Crippen LogP contribution in [-0.2, 0) is 4.79 Å². The Balaban J connectivity index is 2.34. The minimum absolute atomic E-state index is 0.0440. The Labute approximate surface area is 146 Å². The lowest BCUT2D eigenvalue weighted by molar-refractivity contribution is -0.133. The summed E-state index contributed by atoms with van der Waals surface area (Å²) < 4.78 is 0. The van der Waals surface area contributed by atoms with E-state index in [9.17, 15) is 4.79 Å². The number of hydrogen-bond donors (Lipinski definition) is 1. The number of halogens is 4. The number of benzene rings is 2. The first-order chi connectivity index (χ1) is 9.88. The van der Waals surface area contributed by atoms with Crippen molar-refractivity contribution in [2.75, 3.05) is 5.75 Å². The summed E-state index contributed by atoms with van der Waals surface area (Å²) in [5.74, 6) is -0.936. The summed E-state index contributed by atoms with van der Waals surface area (Å²) in [5.41, 5.74) is 1.60. The van der Waals surface area contributed by atoms with Gasteiger partial charge in [0, 0.05) is 4.90 Å². The smallest absolute Gasteiger partial charge is 0.313 e. The van der Waals surface area contributed by atoms with Crippen LogP contribution in [0.25, 0.3) is 11.1 Å². The van der Waals surface area contributed by atoms with E-state index in [2.05, 4.69) is 0 Å². The summed E-state index contributed by atoms with van der Waals surface area (Å²) in [6, 6.07) is 8.73. The van der Waals surface area contributed by atoms with Crippen molar-refractivity contribution in [3.63, 3.8) is 0 Å². The molecular weight excluding hydrogens is 374 g/mol. The molecule has 110 valence electrons. The maximum Gasteiger partial charge on any atom is 0.313 e. The van der Waals surface area contributed by atoms with Gasteiger partial charge in [0.25, 0.3) is 0 Å². The molecule has 7 heteroatoms. The molecule has 2 rings (SSSR count). The summed E-state index contributed by atoms with van der Waals surface area (Å²) in [6.45, 7) is 0. The van der Waals surface area contributed by atoms with E-state index in [-0.39, 0.29) is 5.75 Å². The maximum absolute atomic E-state index is 10.6. The van der Waals surface area contributed by atoms with Gasteiger partial charge >= 0.3 is 5.97 Å². The molecule has 2 nitrogen and oxygen atoms in total. The standard InChI is InChI=1S/C14H8Cl4O2S/c15-9-3-7(1-2-12(9)21-6-13(19)20)8-4-10(16)14(18)11(17)5-8/h1-5H,6H2,(H,19,20). The van der Waals surface area contributed by atoms with Gasteiger partial charge in [-0.2, -0.15) is 0 Å². The minimum atomic E-state index is -0.892. The SMILES string of the molecule is O=C(O)CSc1ccc(-c2cc(Cl)c(Cl)c(Cl)c2)cc1Cl. The van der Waals surface area contributed by atoms with E-state index < -0.39 is 5.97 Å². The molecular formula is C14H8Cl4O2S. The molecule has 2 aromatic carbocycles. The average molecular weight is 382 g/mol. The molecule has 0 aliphatic carbocycles. The van der Waals surface area contributed by atoms with Crippen LogP contribution < -0.4 is 0 Å². The highest BCUT2D eigenvalue weighted by molar-refractivity contribution is 8.00. The fourth-order valence-corrected chi connectivity index (χ4v) is 3.24. The predicted molar refractivity (Wildman–Crippen MR) is 90.3 cm³/mol. The Hall–Kier alpha value is -0.580. The zero-order valence-electron chi connectivity index (χ0n) is 10.4. The number of carboxylic acid groups (broad SMARTS) is 1. The van der Waals surface area contributed by atoms with Gasteiger partial charge in [0.1, 0.15) is 0 Å². The summed E-state index contributed by atoms with van der Waals surface area (Å²) in [6.07, 6.45) is 0. The third kappa shape index (κ3) is 4.21. The van der Waals surface area contributed by atoms with Crippen LogP contribution in [-0.4, -0.2) is 16.8 Å². The first-order valence-corrected chi connectivity index (χ1v) is 8.17. The fourth-order valence-electron chi connectivity index (χ4n) is 1.66. The molecule has 1 N–H and O–H groups in total. The van der Waals surface area contributed by atoms with Gasteiger partial charge < -0.3 is 5.11 Å². The van der Waals surface area contributed by atoms with E-state index in [0.29, 0.717) is 25.0 Å². The van der Waals surface area contributed by atoms with Gasteiger partial charge in [0.2, 0.25) is 0 Å². The predicted octanol–water partition coefficient (Wildman–Crippen LogP) is 6.14. The van der Waals surface area contributed by atoms with Crippen LogP contribution >= 0.6 is 58.2 Å². The molecule has 2 aromatic rings. The second kappa shape index (κ2) is 7.12. The van der Waals surface area contributed by atoms with Crippen LogP contribution in [0.3, 0.4) is 0 Å². The van der Waals surface area contributed by atoms with Crippen LogP contribution in [0.2, 0.25) is 20.1 Å². The Bertz CT molecular complexity index is 680. The van der Waals surface area contributed by atoms with Crippen molar-refractivity contribution in [3.8, 4) is 11.1 Å². The van der Waals surface area contributed by atoms with E-state index in [4.69, 9.17) is 51.5 Å². The number of carboxylic acids is 1. The summed E-state index contributed by atoms with van der Waals surface area (Å²) in [4.78, 5) is 11.3. The molecule has 0 spiro atoms.